The number of halogens is 2. The van der Waals surface area contributed by atoms with Gasteiger partial charge in [0, 0.05) is 41.9 Å². The van der Waals surface area contributed by atoms with Crippen molar-refractivity contribution in [1.82, 2.24) is 9.88 Å². The first-order valence-corrected chi connectivity index (χ1v) is 10.3. The van der Waals surface area contributed by atoms with Crippen LogP contribution in [0.25, 0.3) is 11.1 Å². The summed E-state index contributed by atoms with van der Waals surface area (Å²) in [6.45, 7) is 2.96. The monoisotopic (exact) mass is 421 g/mol. The molecular formula is C19H17Cl2N3O2S. The Morgan fingerprint density at radius 2 is 1.85 bits per heavy atom. The van der Waals surface area contributed by atoms with E-state index in [2.05, 4.69) is 9.88 Å². The van der Waals surface area contributed by atoms with E-state index < -0.39 is 0 Å². The van der Waals surface area contributed by atoms with Gasteiger partial charge in [-0.1, -0.05) is 41.0 Å². The van der Waals surface area contributed by atoms with Crippen LogP contribution in [0.5, 0.6) is 0 Å². The van der Waals surface area contributed by atoms with E-state index in [1.165, 1.54) is 11.8 Å². The van der Waals surface area contributed by atoms with Crippen LogP contribution in [0, 0.1) is 0 Å². The number of aromatic nitrogens is 1. The van der Waals surface area contributed by atoms with E-state index in [1.807, 2.05) is 29.2 Å². The van der Waals surface area contributed by atoms with Gasteiger partial charge in [0.1, 0.15) is 5.52 Å². The number of carbonyl (C=O) groups is 1. The molecule has 2 heterocycles. The van der Waals surface area contributed by atoms with Gasteiger partial charge < -0.3 is 14.2 Å². The normalized spacial score (nSPS) is 14.7. The van der Waals surface area contributed by atoms with Crippen LogP contribution < -0.4 is 4.90 Å². The molecule has 0 N–H and O–H groups in total. The Balaban J connectivity index is 1.31. The van der Waals surface area contributed by atoms with Gasteiger partial charge in [0.15, 0.2) is 5.58 Å². The number of thioether (sulfide) groups is 1. The molecule has 140 valence electrons. The van der Waals surface area contributed by atoms with Crippen LogP contribution in [-0.2, 0) is 4.79 Å². The summed E-state index contributed by atoms with van der Waals surface area (Å²) in [6.07, 6.45) is 0. The van der Waals surface area contributed by atoms with Crippen LogP contribution in [0.15, 0.2) is 52.1 Å². The molecule has 5 nitrogen and oxygen atoms in total. The quantitative estimate of drug-likeness (QED) is 0.577. The van der Waals surface area contributed by atoms with Gasteiger partial charge >= 0.3 is 0 Å². The van der Waals surface area contributed by atoms with Gasteiger partial charge in [0.05, 0.1) is 5.75 Å². The molecule has 1 aliphatic rings. The predicted octanol–water partition coefficient (Wildman–Crippen LogP) is 4.58. The van der Waals surface area contributed by atoms with Crippen LogP contribution in [0.1, 0.15) is 0 Å². The van der Waals surface area contributed by atoms with Gasteiger partial charge in [0.2, 0.25) is 5.91 Å². The van der Waals surface area contributed by atoms with Crippen molar-refractivity contribution >= 4 is 57.7 Å². The minimum Gasteiger partial charge on any atom is -0.431 e. The Labute approximate surface area is 171 Å². The number of hydrogen-bond donors (Lipinski definition) is 0. The van der Waals surface area contributed by atoms with Crippen molar-refractivity contribution in [2.75, 3.05) is 36.8 Å². The second-order valence-electron chi connectivity index (χ2n) is 6.23. The number of oxazole rings is 1. The number of anilines is 1. The van der Waals surface area contributed by atoms with Crippen molar-refractivity contribution < 1.29 is 9.21 Å². The summed E-state index contributed by atoms with van der Waals surface area (Å²) < 4.78 is 5.65. The molecule has 0 radical (unpaired) electrons. The van der Waals surface area contributed by atoms with E-state index >= 15 is 0 Å². The summed E-state index contributed by atoms with van der Waals surface area (Å²) in [4.78, 5) is 21.0. The highest BCUT2D eigenvalue weighted by Gasteiger charge is 2.22. The van der Waals surface area contributed by atoms with Crippen molar-refractivity contribution in [3.05, 3.63) is 52.5 Å². The molecule has 0 bridgehead atoms. The Bertz CT molecular complexity index is 970. The van der Waals surface area contributed by atoms with Crippen molar-refractivity contribution in [3.63, 3.8) is 0 Å². The SMILES string of the molecule is O=C(CSc1nc2cc(Cl)ccc2o1)N1CCN(c2cccc(Cl)c2)CC1. The van der Waals surface area contributed by atoms with Gasteiger partial charge in [-0.15, -0.1) is 0 Å². The van der Waals surface area contributed by atoms with Crippen LogP contribution in [0.3, 0.4) is 0 Å². The van der Waals surface area contributed by atoms with Crippen molar-refractivity contribution in [3.8, 4) is 0 Å². The Morgan fingerprint density at radius 1 is 1.07 bits per heavy atom. The smallest absolute Gasteiger partial charge is 0.257 e. The zero-order valence-corrected chi connectivity index (χ0v) is 16.7. The number of carbonyl (C=O) groups excluding carboxylic acids is 1. The highest BCUT2D eigenvalue weighted by molar-refractivity contribution is 7.99. The van der Waals surface area contributed by atoms with Crippen LogP contribution >= 0.6 is 35.0 Å². The summed E-state index contributed by atoms with van der Waals surface area (Å²) >= 11 is 13.3. The molecule has 1 amide bonds. The molecule has 0 aliphatic carbocycles. The molecule has 0 saturated carbocycles. The molecule has 27 heavy (non-hydrogen) atoms. The van der Waals surface area contributed by atoms with E-state index in [1.54, 1.807) is 18.2 Å². The summed E-state index contributed by atoms with van der Waals surface area (Å²) in [5, 5.41) is 1.82. The van der Waals surface area contributed by atoms with Gasteiger partial charge in [0.25, 0.3) is 5.22 Å². The summed E-state index contributed by atoms with van der Waals surface area (Å²) in [5.74, 6) is 0.392. The average Bonchev–Trinajstić information content (AvgIpc) is 3.08. The van der Waals surface area contributed by atoms with E-state index in [-0.39, 0.29) is 5.91 Å². The molecule has 1 aromatic heterocycles. The minimum atomic E-state index is 0.0889. The molecular weight excluding hydrogens is 405 g/mol. The molecule has 0 atom stereocenters. The second-order valence-corrected chi connectivity index (χ2v) is 8.03. The lowest BCUT2D eigenvalue weighted by Gasteiger charge is -2.36. The molecule has 1 fully saturated rings. The zero-order valence-electron chi connectivity index (χ0n) is 14.4. The van der Waals surface area contributed by atoms with Crippen molar-refractivity contribution in [2.45, 2.75) is 5.22 Å². The molecule has 1 aliphatic heterocycles. The molecule has 8 heteroatoms. The molecule has 4 rings (SSSR count). The molecule has 3 aromatic rings. The maximum atomic E-state index is 12.5. The zero-order chi connectivity index (χ0) is 18.8. The van der Waals surface area contributed by atoms with Crippen LogP contribution in [0.4, 0.5) is 5.69 Å². The highest BCUT2D eigenvalue weighted by Crippen LogP contribution is 2.26. The van der Waals surface area contributed by atoms with Crippen molar-refractivity contribution in [2.24, 2.45) is 0 Å². The number of amides is 1. The third kappa shape index (κ3) is 4.34. The lowest BCUT2D eigenvalue weighted by atomic mass is 10.2. The standard InChI is InChI=1S/C19H17Cl2N3O2S/c20-13-2-1-3-15(10-13)23-6-8-24(9-7-23)18(25)12-27-19-22-16-11-14(21)4-5-17(16)26-19/h1-5,10-11H,6-9,12H2. The van der Waals surface area contributed by atoms with E-state index in [0.29, 0.717) is 40.2 Å². The molecule has 0 spiro atoms. The van der Waals surface area contributed by atoms with Gasteiger partial charge in [-0.3, -0.25) is 4.79 Å². The van der Waals surface area contributed by atoms with Gasteiger partial charge in [-0.05, 0) is 36.4 Å². The molecule has 1 saturated heterocycles. The fourth-order valence-corrected chi connectivity index (χ4v) is 4.13. The number of fused-ring (bicyclic) bond motifs is 1. The van der Waals surface area contributed by atoms with E-state index in [0.717, 1.165) is 23.8 Å². The summed E-state index contributed by atoms with van der Waals surface area (Å²) in [5.41, 5.74) is 2.46. The number of piperazine rings is 1. The predicted molar refractivity (Wildman–Crippen MR) is 110 cm³/mol. The number of hydrogen-bond acceptors (Lipinski definition) is 5. The second kappa shape index (κ2) is 8.00. The largest absolute Gasteiger partial charge is 0.431 e. The number of benzene rings is 2. The first-order chi connectivity index (χ1) is 13.1. The molecule has 2 aromatic carbocycles. The summed E-state index contributed by atoms with van der Waals surface area (Å²) in [7, 11) is 0. The maximum Gasteiger partial charge on any atom is 0.257 e. The lowest BCUT2D eigenvalue weighted by molar-refractivity contribution is -0.128. The fraction of sp³-hybridized carbons (Fsp3) is 0.263. The van der Waals surface area contributed by atoms with Crippen LogP contribution in [-0.4, -0.2) is 47.7 Å². The first kappa shape index (κ1) is 18.5. The van der Waals surface area contributed by atoms with Gasteiger partial charge in [-0.2, -0.15) is 0 Å². The number of nitrogens with zero attached hydrogens (tertiary/aromatic N) is 3. The minimum absolute atomic E-state index is 0.0889. The Kier molecular flexibility index (Phi) is 5.48. The Morgan fingerprint density at radius 3 is 2.63 bits per heavy atom. The molecule has 0 unspecified atom stereocenters. The maximum absolute atomic E-state index is 12.5. The van der Waals surface area contributed by atoms with Crippen LogP contribution in [0.2, 0.25) is 10.0 Å². The first-order valence-electron chi connectivity index (χ1n) is 8.56. The third-order valence-corrected chi connectivity index (χ3v) is 5.74. The highest BCUT2D eigenvalue weighted by atomic mass is 35.5. The number of rotatable bonds is 4. The topological polar surface area (TPSA) is 49.6 Å². The third-order valence-electron chi connectivity index (χ3n) is 4.45. The summed E-state index contributed by atoms with van der Waals surface area (Å²) in [6, 6.07) is 13.1. The average molecular weight is 422 g/mol. The fourth-order valence-electron chi connectivity index (χ4n) is 3.04. The van der Waals surface area contributed by atoms with E-state index in [4.69, 9.17) is 27.6 Å². The van der Waals surface area contributed by atoms with E-state index in [9.17, 15) is 4.79 Å². The van der Waals surface area contributed by atoms with Gasteiger partial charge in [-0.25, -0.2) is 4.98 Å². The lowest BCUT2D eigenvalue weighted by Crippen LogP contribution is -2.49. The van der Waals surface area contributed by atoms with Crippen molar-refractivity contribution in [1.29, 1.82) is 0 Å². The Hall–Kier alpha value is -1.89.